The van der Waals surface area contributed by atoms with E-state index in [9.17, 15) is 4.79 Å². The Kier molecular flexibility index (Phi) is 4.43. The van der Waals surface area contributed by atoms with Crippen molar-refractivity contribution in [1.29, 1.82) is 0 Å². The van der Waals surface area contributed by atoms with E-state index in [1.807, 2.05) is 26.8 Å². The summed E-state index contributed by atoms with van der Waals surface area (Å²) in [7, 11) is 1.75. The molecule has 0 bridgehead atoms. The molecule has 0 aliphatic heterocycles. The number of hydrogen-bond donors (Lipinski definition) is 1. The zero-order chi connectivity index (χ0) is 13.0. The van der Waals surface area contributed by atoms with Crippen LogP contribution in [0, 0.1) is 6.92 Å². The second-order valence-electron chi connectivity index (χ2n) is 3.99. The number of carboxylic acids is 1. The first-order chi connectivity index (χ1) is 7.99. The highest BCUT2D eigenvalue weighted by Gasteiger charge is 2.22. The number of nitrogens with zero attached hydrogens (tertiary/aromatic N) is 3. The average Bonchev–Trinajstić information content (AvgIpc) is 2.28. The van der Waals surface area contributed by atoms with Gasteiger partial charge in [0.05, 0.1) is 0 Å². The molecule has 0 aromatic carbocycles. The van der Waals surface area contributed by atoms with Crippen LogP contribution >= 0.6 is 0 Å². The van der Waals surface area contributed by atoms with Gasteiger partial charge < -0.3 is 10.0 Å². The SMILES string of the molecule is CCc1cc(N(C)C(CC)C(=O)O)nc(C)n1. The van der Waals surface area contributed by atoms with Crippen molar-refractivity contribution in [3.8, 4) is 0 Å². The quantitative estimate of drug-likeness (QED) is 0.843. The third-order valence-electron chi connectivity index (χ3n) is 2.74. The smallest absolute Gasteiger partial charge is 0.326 e. The maximum absolute atomic E-state index is 11.1. The van der Waals surface area contributed by atoms with Gasteiger partial charge in [-0.3, -0.25) is 0 Å². The van der Waals surface area contributed by atoms with Crippen LogP contribution in [0.3, 0.4) is 0 Å². The van der Waals surface area contributed by atoms with Gasteiger partial charge in [0.1, 0.15) is 17.7 Å². The summed E-state index contributed by atoms with van der Waals surface area (Å²) < 4.78 is 0. The topological polar surface area (TPSA) is 66.3 Å². The highest BCUT2D eigenvalue weighted by Crippen LogP contribution is 2.16. The van der Waals surface area contributed by atoms with E-state index in [1.54, 1.807) is 11.9 Å². The Balaban J connectivity index is 3.06. The fourth-order valence-electron chi connectivity index (χ4n) is 1.75. The Morgan fingerprint density at radius 3 is 2.59 bits per heavy atom. The van der Waals surface area contributed by atoms with Crippen molar-refractivity contribution in [2.75, 3.05) is 11.9 Å². The lowest BCUT2D eigenvalue weighted by molar-refractivity contribution is -0.138. The van der Waals surface area contributed by atoms with E-state index in [-0.39, 0.29) is 0 Å². The van der Waals surface area contributed by atoms with E-state index in [0.29, 0.717) is 18.1 Å². The van der Waals surface area contributed by atoms with Crippen LogP contribution in [0.5, 0.6) is 0 Å². The van der Waals surface area contributed by atoms with Crippen molar-refractivity contribution < 1.29 is 9.90 Å². The molecule has 0 spiro atoms. The fourth-order valence-corrected chi connectivity index (χ4v) is 1.75. The summed E-state index contributed by atoms with van der Waals surface area (Å²) in [5, 5.41) is 9.12. The zero-order valence-electron chi connectivity index (χ0n) is 10.8. The van der Waals surface area contributed by atoms with Crippen LogP contribution in [0.2, 0.25) is 0 Å². The maximum atomic E-state index is 11.1. The van der Waals surface area contributed by atoms with Gasteiger partial charge in [-0.15, -0.1) is 0 Å². The molecular formula is C12H19N3O2. The molecule has 17 heavy (non-hydrogen) atoms. The molecule has 1 unspecified atom stereocenters. The largest absolute Gasteiger partial charge is 0.480 e. The Morgan fingerprint density at radius 1 is 1.47 bits per heavy atom. The summed E-state index contributed by atoms with van der Waals surface area (Å²) in [6, 6.07) is 1.30. The first-order valence-corrected chi connectivity index (χ1v) is 5.79. The number of carboxylic acid groups (broad SMARTS) is 1. The van der Waals surface area contributed by atoms with Gasteiger partial charge in [0.25, 0.3) is 0 Å². The number of hydrogen-bond acceptors (Lipinski definition) is 4. The van der Waals surface area contributed by atoms with Crippen molar-refractivity contribution in [3.05, 3.63) is 17.6 Å². The number of aryl methyl sites for hydroxylation is 2. The molecule has 0 saturated heterocycles. The van der Waals surface area contributed by atoms with Gasteiger partial charge in [-0.1, -0.05) is 13.8 Å². The van der Waals surface area contributed by atoms with Crippen molar-refractivity contribution in [2.45, 2.75) is 39.7 Å². The molecule has 5 nitrogen and oxygen atoms in total. The van der Waals surface area contributed by atoms with E-state index in [4.69, 9.17) is 5.11 Å². The highest BCUT2D eigenvalue weighted by atomic mass is 16.4. The first-order valence-electron chi connectivity index (χ1n) is 5.79. The summed E-state index contributed by atoms with van der Waals surface area (Å²) in [5.74, 6) is 0.513. The number of rotatable bonds is 5. The van der Waals surface area contributed by atoms with Gasteiger partial charge in [-0.05, 0) is 19.8 Å². The summed E-state index contributed by atoms with van der Waals surface area (Å²) in [6.45, 7) is 5.68. The van der Waals surface area contributed by atoms with Gasteiger partial charge >= 0.3 is 5.97 Å². The minimum Gasteiger partial charge on any atom is -0.480 e. The standard InChI is InChI=1S/C12H19N3O2/c1-5-9-7-11(14-8(3)13-9)15(4)10(6-2)12(16)17/h7,10H,5-6H2,1-4H3,(H,16,17). The van der Waals surface area contributed by atoms with Crippen LogP contribution in [0.15, 0.2) is 6.07 Å². The number of aromatic nitrogens is 2. The molecule has 5 heteroatoms. The van der Waals surface area contributed by atoms with Crippen molar-refractivity contribution in [2.24, 2.45) is 0 Å². The summed E-state index contributed by atoms with van der Waals surface area (Å²) >= 11 is 0. The lowest BCUT2D eigenvalue weighted by Crippen LogP contribution is -2.38. The molecule has 1 atom stereocenters. The normalized spacial score (nSPS) is 12.2. The van der Waals surface area contributed by atoms with Crippen LogP contribution in [0.1, 0.15) is 31.8 Å². The summed E-state index contributed by atoms with van der Waals surface area (Å²) in [5.41, 5.74) is 0.930. The van der Waals surface area contributed by atoms with Gasteiger partial charge in [0.15, 0.2) is 0 Å². The Hall–Kier alpha value is -1.65. The van der Waals surface area contributed by atoms with Crippen LogP contribution in [0.25, 0.3) is 0 Å². The van der Waals surface area contributed by atoms with E-state index >= 15 is 0 Å². The lowest BCUT2D eigenvalue weighted by atomic mass is 10.2. The molecule has 1 aromatic rings. The number of anilines is 1. The monoisotopic (exact) mass is 237 g/mol. The van der Waals surface area contributed by atoms with E-state index in [1.165, 1.54) is 0 Å². The first kappa shape index (κ1) is 13.4. The second kappa shape index (κ2) is 5.61. The third kappa shape index (κ3) is 3.15. The van der Waals surface area contributed by atoms with Gasteiger partial charge in [-0.2, -0.15) is 0 Å². The summed E-state index contributed by atoms with van der Waals surface area (Å²) in [6.07, 6.45) is 1.35. The van der Waals surface area contributed by atoms with E-state index in [2.05, 4.69) is 9.97 Å². The van der Waals surface area contributed by atoms with Crippen molar-refractivity contribution in [1.82, 2.24) is 9.97 Å². The van der Waals surface area contributed by atoms with Crippen LogP contribution in [-0.4, -0.2) is 34.1 Å². The molecule has 0 saturated carbocycles. The summed E-state index contributed by atoms with van der Waals surface area (Å²) in [4.78, 5) is 21.4. The van der Waals surface area contributed by atoms with Gasteiger partial charge in [-0.25, -0.2) is 14.8 Å². The minimum absolute atomic E-state index is 0.538. The molecule has 1 N–H and O–H groups in total. The molecule has 1 rings (SSSR count). The molecular weight excluding hydrogens is 218 g/mol. The van der Waals surface area contributed by atoms with Crippen molar-refractivity contribution >= 4 is 11.8 Å². The van der Waals surface area contributed by atoms with E-state index in [0.717, 1.165) is 12.1 Å². The van der Waals surface area contributed by atoms with Crippen LogP contribution in [0.4, 0.5) is 5.82 Å². The Labute approximate surface area is 102 Å². The molecule has 0 amide bonds. The fraction of sp³-hybridized carbons (Fsp3) is 0.583. The average molecular weight is 237 g/mol. The molecule has 0 radical (unpaired) electrons. The van der Waals surface area contributed by atoms with Gasteiger partial charge in [0, 0.05) is 18.8 Å². The molecule has 94 valence electrons. The predicted molar refractivity (Wildman–Crippen MR) is 66.3 cm³/mol. The molecule has 1 aromatic heterocycles. The maximum Gasteiger partial charge on any atom is 0.326 e. The number of carbonyl (C=O) groups is 1. The Bertz CT molecular complexity index is 407. The minimum atomic E-state index is -0.829. The predicted octanol–water partition coefficient (Wildman–Crippen LogP) is 1.65. The van der Waals surface area contributed by atoms with Crippen LogP contribution in [-0.2, 0) is 11.2 Å². The number of aliphatic carboxylic acids is 1. The molecule has 0 fully saturated rings. The van der Waals surface area contributed by atoms with Crippen LogP contribution < -0.4 is 4.90 Å². The Morgan fingerprint density at radius 2 is 2.12 bits per heavy atom. The molecule has 0 aliphatic carbocycles. The number of likely N-dealkylation sites (N-methyl/N-ethyl adjacent to an activating group) is 1. The van der Waals surface area contributed by atoms with E-state index < -0.39 is 12.0 Å². The van der Waals surface area contributed by atoms with Gasteiger partial charge in [0.2, 0.25) is 0 Å². The lowest BCUT2D eigenvalue weighted by Gasteiger charge is -2.25. The highest BCUT2D eigenvalue weighted by molar-refractivity contribution is 5.77. The third-order valence-corrected chi connectivity index (χ3v) is 2.74. The second-order valence-corrected chi connectivity index (χ2v) is 3.99. The molecule has 1 heterocycles. The van der Waals surface area contributed by atoms with Crippen molar-refractivity contribution in [3.63, 3.8) is 0 Å². The zero-order valence-corrected chi connectivity index (χ0v) is 10.8. The molecule has 0 aliphatic rings.